The van der Waals surface area contributed by atoms with Crippen LogP contribution in [0.15, 0.2) is 30.3 Å². The van der Waals surface area contributed by atoms with Gasteiger partial charge < -0.3 is 25.6 Å². The van der Waals surface area contributed by atoms with Crippen LogP contribution in [0.5, 0.6) is 0 Å². The van der Waals surface area contributed by atoms with Crippen LogP contribution in [-0.4, -0.2) is 70.8 Å². The summed E-state index contributed by atoms with van der Waals surface area (Å²) >= 11 is 0. The topological polar surface area (TPSA) is 132 Å². The molecule has 0 saturated carbocycles. The van der Waals surface area contributed by atoms with Gasteiger partial charge in [-0.15, -0.1) is 0 Å². The molecule has 1 saturated heterocycles. The van der Waals surface area contributed by atoms with Gasteiger partial charge in [0.25, 0.3) is 5.91 Å². The molecule has 1 aliphatic heterocycles. The van der Waals surface area contributed by atoms with Crippen LogP contribution in [0.25, 0.3) is 10.9 Å². The molecule has 0 bridgehead atoms. The third-order valence-electron chi connectivity index (χ3n) is 6.10. The Morgan fingerprint density at radius 2 is 1.97 bits per heavy atom. The molecule has 33 heavy (non-hydrogen) atoms. The maximum absolute atomic E-state index is 13.4. The summed E-state index contributed by atoms with van der Waals surface area (Å²) < 4.78 is 0. The minimum Gasteiger partial charge on any atom is -0.389 e. The second-order valence-electron chi connectivity index (χ2n) is 9.03. The maximum atomic E-state index is 13.4. The van der Waals surface area contributed by atoms with Crippen molar-refractivity contribution in [2.75, 3.05) is 20.2 Å². The first-order valence-corrected chi connectivity index (χ1v) is 11.3. The molecule has 2 aromatic rings. The number of nitrogens with one attached hydrogen (secondary N) is 3. The number of aliphatic hydroxyl groups excluding tert-OH is 1. The molecule has 1 aromatic carbocycles. The Morgan fingerprint density at radius 3 is 2.58 bits per heavy atom. The summed E-state index contributed by atoms with van der Waals surface area (Å²) in [6.45, 7) is 3.67. The van der Waals surface area contributed by atoms with Crippen LogP contribution >= 0.6 is 0 Å². The number of para-hydroxylation sites is 1. The molecular formula is C24H32N4O5. The zero-order valence-electron chi connectivity index (χ0n) is 19.3. The number of aromatic amines is 1. The second kappa shape index (κ2) is 10.6. The number of aliphatic hydroxyl groups is 1. The lowest BCUT2D eigenvalue weighted by atomic mass is 9.94. The normalized spacial score (nSPS) is 17.6. The van der Waals surface area contributed by atoms with Crippen LogP contribution in [0.3, 0.4) is 0 Å². The number of ketones is 1. The highest BCUT2D eigenvalue weighted by Crippen LogP contribution is 2.21. The summed E-state index contributed by atoms with van der Waals surface area (Å²) in [5.74, 6) is -1.83. The number of H-pyrrole nitrogens is 1. The van der Waals surface area contributed by atoms with Crippen molar-refractivity contribution in [3.63, 3.8) is 0 Å². The summed E-state index contributed by atoms with van der Waals surface area (Å²) in [7, 11) is 1.48. The standard InChI is InChI=1S/C24H32N4O5/c1-14(2)10-19(27-23(32)18-11-15-6-4-5-7-17(15)26-18)24(33)28(3)20(21(30)13-29)12-16-8-9-25-22(16)31/h4-7,11,14,16,19-20,26,29H,8-10,12-13H2,1-3H3,(H,25,31)(H,27,32)/t16-,19-,20-/m0/s1. The molecule has 0 unspecified atom stereocenters. The number of rotatable bonds is 10. The maximum Gasteiger partial charge on any atom is 0.268 e. The number of nitrogens with zero attached hydrogens (tertiary/aromatic N) is 1. The number of carbonyl (C=O) groups excluding carboxylic acids is 4. The lowest BCUT2D eigenvalue weighted by Gasteiger charge is -2.32. The Bertz CT molecular complexity index is 998. The van der Waals surface area contributed by atoms with Crippen molar-refractivity contribution >= 4 is 34.4 Å². The number of Topliss-reactive ketones (excluding diaryl/α,β-unsaturated/α-hetero) is 1. The van der Waals surface area contributed by atoms with Crippen molar-refractivity contribution in [1.29, 1.82) is 0 Å². The van der Waals surface area contributed by atoms with E-state index in [-0.39, 0.29) is 18.2 Å². The number of carbonyl (C=O) groups is 4. The average molecular weight is 457 g/mol. The number of amides is 3. The van der Waals surface area contributed by atoms with Gasteiger partial charge in [-0.25, -0.2) is 0 Å². The van der Waals surface area contributed by atoms with E-state index in [1.807, 2.05) is 38.1 Å². The van der Waals surface area contributed by atoms with Gasteiger partial charge in [-0.3, -0.25) is 19.2 Å². The first kappa shape index (κ1) is 24.4. The van der Waals surface area contributed by atoms with Crippen LogP contribution < -0.4 is 10.6 Å². The van der Waals surface area contributed by atoms with E-state index < -0.39 is 42.2 Å². The van der Waals surface area contributed by atoms with E-state index in [0.29, 0.717) is 25.1 Å². The van der Waals surface area contributed by atoms with Crippen molar-refractivity contribution in [2.45, 2.75) is 45.2 Å². The van der Waals surface area contributed by atoms with E-state index in [2.05, 4.69) is 15.6 Å². The Morgan fingerprint density at radius 1 is 1.24 bits per heavy atom. The molecular weight excluding hydrogens is 424 g/mol. The van der Waals surface area contributed by atoms with Gasteiger partial charge in [-0.1, -0.05) is 32.0 Å². The molecule has 3 amide bonds. The van der Waals surface area contributed by atoms with Gasteiger partial charge in [0.15, 0.2) is 5.78 Å². The smallest absolute Gasteiger partial charge is 0.268 e. The quantitative estimate of drug-likeness (QED) is 0.427. The molecule has 0 spiro atoms. The Kier molecular flexibility index (Phi) is 7.86. The van der Waals surface area contributed by atoms with Crippen LogP contribution in [0.1, 0.15) is 43.6 Å². The van der Waals surface area contributed by atoms with E-state index in [1.165, 1.54) is 11.9 Å². The highest BCUT2D eigenvalue weighted by Gasteiger charge is 2.36. The van der Waals surface area contributed by atoms with E-state index in [9.17, 15) is 24.3 Å². The fourth-order valence-corrected chi connectivity index (χ4v) is 4.27. The van der Waals surface area contributed by atoms with Gasteiger partial charge in [0.2, 0.25) is 11.8 Å². The summed E-state index contributed by atoms with van der Waals surface area (Å²) in [5.41, 5.74) is 1.15. The van der Waals surface area contributed by atoms with Crippen LogP contribution in [0, 0.1) is 11.8 Å². The van der Waals surface area contributed by atoms with E-state index in [1.54, 1.807) is 6.07 Å². The SMILES string of the molecule is CC(C)C[C@H](NC(=O)c1cc2ccccc2[nH]1)C(=O)N(C)[C@@H](C[C@@H]1CCNC1=O)C(=O)CO. The summed E-state index contributed by atoms with van der Waals surface area (Å²) in [4.78, 5) is 55.2. The third kappa shape index (κ3) is 5.78. The number of aromatic nitrogens is 1. The van der Waals surface area contributed by atoms with Crippen LogP contribution in [0.4, 0.5) is 0 Å². The fraction of sp³-hybridized carbons (Fsp3) is 0.500. The summed E-state index contributed by atoms with van der Waals surface area (Å²) in [6, 6.07) is 7.40. The minimum atomic E-state index is -0.948. The average Bonchev–Trinajstić information content (AvgIpc) is 3.41. The van der Waals surface area contributed by atoms with Crippen molar-refractivity contribution in [1.82, 2.24) is 20.5 Å². The lowest BCUT2D eigenvalue weighted by Crippen LogP contribution is -2.53. The van der Waals surface area contributed by atoms with Crippen molar-refractivity contribution in [2.24, 2.45) is 11.8 Å². The molecule has 9 nitrogen and oxygen atoms in total. The zero-order valence-corrected chi connectivity index (χ0v) is 19.3. The highest BCUT2D eigenvalue weighted by molar-refractivity contribution is 6.00. The fourth-order valence-electron chi connectivity index (χ4n) is 4.27. The molecule has 4 N–H and O–H groups in total. The van der Waals surface area contributed by atoms with Gasteiger partial charge in [0.05, 0.1) is 6.04 Å². The molecule has 0 radical (unpaired) electrons. The van der Waals surface area contributed by atoms with Crippen LogP contribution in [0.2, 0.25) is 0 Å². The summed E-state index contributed by atoms with van der Waals surface area (Å²) in [6.07, 6.45) is 1.08. The number of fused-ring (bicyclic) bond motifs is 1. The molecule has 3 rings (SSSR count). The van der Waals surface area contributed by atoms with Gasteiger partial charge in [0, 0.05) is 30.4 Å². The van der Waals surface area contributed by atoms with E-state index in [0.717, 1.165) is 10.9 Å². The molecule has 2 heterocycles. The molecule has 1 fully saturated rings. The Balaban J connectivity index is 1.78. The number of hydrogen-bond acceptors (Lipinski definition) is 5. The molecule has 1 aliphatic rings. The van der Waals surface area contributed by atoms with Crippen molar-refractivity contribution in [3.8, 4) is 0 Å². The molecule has 178 valence electrons. The Labute approximate surface area is 192 Å². The predicted octanol–water partition coefficient (Wildman–Crippen LogP) is 1.23. The Hall–Kier alpha value is -3.20. The number of benzene rings is 1. The number of hydrogen-bond donors (Lipinski definition) is 4. The van der Waals surface area contributed by atoms with Crippen molar-refractivity contribution < 1.29 is 24.3 Å². The van der Waals surface area contributed by atoms with Gasteiger partial charge in [-0.2, -0.15) is 0 Å². The van der Waals surface area contributed by atoms with E-state index >= 15 is 0 Å². The second-order valence-corrected chi connectivity index (χ2v) is 9.03. The first-order chi connectivity index (χ1) is 15.7. The largest absolute Gasteiger partial charge is 0.389 e. The van der Waals surface area contributed by atoms with Crippen LogP contribution in [-0.2, 0) is 14.4 Å². The van der Waals surface area contributed by atoms with Crippen molar-refractivity contribution in [3.05, 3.63) is 36.0 Å². The highest BCUT2D eigenvalue weighted by atomic mass is 16.3. The molecule has 9 heteroatoms. The van der Waals surface area contributed by atoms with E-state index in [4.69, 9.17) is 0 Å². The predicted molar refractivity (Wildman–Crippen MR) is 123 cm³/mol. The zero-order chi connectivity index (χ0) is 24.1. The monoisotopic (exact) mass is 456 g/mol. The van der Waals surface area contributed by atoms with Gasteiger partial charge in [0.1, 0.15) is 18.3 Å². The molecule has 1 aromatic heterocycles. The minimum absolute atomic E-state index is 0.1000. The summed E-state index contributed by atoms with van der Waals surface area (Å²) in [5, 5.41) is 15.9. The molecule has 0 aliphatic carbocycles. The van der Waals surface area contributed by atoms with Gasteiger partial charge in [-0.05, 0) is 37.3 Å². The molecule has 3 atom stereocenters. The van der Waals surface area contributed by atoms with Gasteiger partial charge >= 0.3 is 0 Å². The lowest BCUT2D eigenvalue weighted by molar-refractivity contribution is -0.142. The number of likely N-dealkylation sites (N-methyl/N-ethyl adjacent to an activating group) is 1. The third-order valence-corrected chi connectivity index (χ3v) is 6.10. The first-order valence-electron chi connectivity index (χ1n) is 11.3.